The van der Waals surface area contributed by atoms with Crippen LogP contribution in [-0.4, -0.2) is 20.9 Å². The van der Waals surface area contributed by atoms with E-state index < -0.39 is 5.97 Å². The number of nitrogens with zero attached hydrogens (tertiary/aromatic N) is 2. The molecular formula is C16H22N2O2. The van der Waals surface area contributed by atoms with E-state index in [-0.39, 0.29) is 11.3 Å². The van der Waals surface area contributed by atoms with Crippen LogP contribution in [0, 0.1) is 29.1 Å². The van der Waals surface area contributed by atoms with Crippen molar-refractivity contribution in [3.63, 3.8) is 0 Å². The van der Waals surface area contributed by atoms with Crippen molar-refractivity contribution in [1.82, 2.24) is 9.78 Å². The van der Waals surface area contributed by atoms with E-state index in [0.29, 0.717) is 6.54 Å². The lowest BCUT2D eigenvalue weighted by Crippen LogP contribution is -2.52. The van der Waals surface area contributed by atoms with E-state index in [1.54, 1.807) is 10.9 Å². The third kappa shape index (κ3) is 1.88. The molecule has 4 saturated carbocycles. The zero-order valence-electron chi connectivity index (χ0n) is 11.7. The highest BCUT2D eigenvalue weighted by molar-refractivity contribution is 5.71. The van der Waals surface area contributed by atoms with Crippen LogP contribution >= 0.6 is 0 Å². The average molecular weight is 274 g/mol. The number of aromatic nitrogens is 2. The molecular weight excluding hydrogens is 252 g/mol. The van der Waals surface area contributed by atoms with Crippen LogP contribution in [0.1, 0.15) is 38.5 Å². The normalized spacial score (nSPS) is 39.9. The van der Waals surface area contributed by atoms with Gasteiger partial charge in [0.2, 0.25) is 0 Å². The fourth-order valence-corrected chi connectivity index (χ4v) is 5.73. The lowest BCUT2D eigenvalue weighted by atomic mass is 9.46. The summed E-state index contributed by atoms with van der Waals surface area (Å²) in [6, 6.07) is 1.87. The molecule has 4 heteroatoms. The molecule has 0 aliphatic heterocycles. The van der Waals surface area contributed by atoms with Crippen LogP contribution in [0.2, 0.25) is 0 Å². The van der Waals surface area contributed by atoms with Crippen molar-refractivity contribution < 1.29 is 9.90 Å². The van der Waals surface area contributed by atoms with Gasteiger partial charge in [-0.3, -0.25) is 9.48 Å². The Labute approximate surface area is 119 Å². The van der Waals surface area contributed by atoms with Gasteiger partial charge in [-0.25, -0.2) is 0 Å². The molecule has 1 unspecified atom stereocenters. The van der Waals surface area contributed by atoms with Gasteiger partial charge < -0.3 is 5.11 Å². The Kier molecular flexibility index (Phi) is 2.69. The van der Waals surface area contributed by atoms with Gasteiger partial charge in [0.15, 0.2) is 0 Å². The van der Waals surface area contributed by atoms with Gasteiger partial charge in [-0.2, -0.15) is 5.10 Å². The van der Waals surface area contributed by atoms with Gasteiger partial charge in [-0.05, 0) is 67.8 Å². The highest BCUT2D eigenvalue weighted by atomic mass is 16.4. The smallest absolute Gasteiger partial charge is 0.308 e. The fourth-order valence-electron chi connectivity index (χ4n) is 5.73. The second-order valence-corrected chi connectivity index (χ2v) is 7.40. The molecule has 4 aliphatic carbocycles. The van der Waals surface area contributed by atoms with Crippen molar-refractivity contribution >= 4 is 5.97 Å². The van der Waals surface area contributed by atoms with Crippen molar-refractivity contribution in [3.05, 3.63) is 18.5 Å². The van der Waals surface area contributed by atoms with Crippen LogP contribution in [0.25, 0.3) is 0 Å². The maximum Gasteiger partial charge on any atom is 0.308 e. The maximum absolute atomic E-state index is 11.9. The topological polar surface area (TPSA) is 55.1 Å². The average Bonchev–Trinajstić information content (AvgIpc) is 2.86. The summed E-state index contributed by atoms with van der Waals surface area (Å²) < 4.78 is 1.80. The zero-order valence-corrected chi connectivity index (χ0v) is 11.7. The monoisotopic (exact) mass is 274 g/mol. The minimum absolute atomic E-state index is 0.0481. The molecule has 0 radical (unpaired) electrons. The summed E-state index contributed by atoms with van der Waals surface area (Å²) in [6.07, 6.45) is 11.1. The Morgan fingerprint density at radius 2 is 1.85 bits per heavy atom. The van der Waals surface area contributed by atoms with Gasteiger partial charge in [0, 0.05) is 12.4 Å². The summed E-state index contributed by atoms with van der Waals surface area (Å²) in [5.74, 6) is 1.49. The Morgan fingerprint density at radius 1 is 1.25 bits per heavy atom. The van der Waals surface area contributed by atoms with Crippen molar-refractivity contribution in [2.75, 3.05) is 0 Å². The summed E-state index contributed by atoms with van der Waals surface area (Å²) in [4.78, 5) is 11.9. The predicted molar refractivity (Wildman–Crippen MR) is 74.0 cm³/mol. The molecule has 1 N–H and O–H groups in total. The minimum Gasteiger partial charge on any atom is -0.481 e. The van der Waals surface area contributed by atoms with Crippen molar-refractivity contribution in [3.8, 4) is 0 Å². The largest absolute Gasteiger partial charge is 0.481 e. The quantitative estimate of drug-likeness (QED) is 0.918. The number of carbonyl (C=O) groups is 1. The Bertz CT molecular complexity index is 473. The Morgan fingerprint density at radius 3 is 2.30 bits per heavy atom. The Hall–Kier alpha value is -1.32. The first-order chi connectivity index (χ1) is 9.64. The molecule has 4 fully saturated rings. The molecule has 0 amide bonds. The standard InChI is InChI=1S/C16H22N2O2/c19-15(20)14(10-18-3-1-2-17-18)16-7-11-4-12(8-16)6-13(5-11)9-16/h1-3,11-14H,4-10H2,(H,19,20). The number of aliphatic carboxylic acids is 1. The summed E-state index contributed by atoms with van der Waals surface area (Å²) in [5, 5.41) is 14.0. The molecule has 1 aromatic rings. The van der Waals surface area contributed by atoms with Crippen molar-refractivity contribution in [2.45, 2.75) is 45.1 Å². The van der Waals surface area contributed by atoms with E-state index in [9.17, 15) is 9.90 Å². The molecule has 1 atom stereocenters. The molecule has 0 spiro atoms. The molecule has 1 aromatic heterocycles. The number of carboxylic acids is 1. The van der Waals surface area contributed by atoms with E-state index in [1.165, 1.54) is 19.3 Å². The maximum atomic E-state index is 11.9. The van der Waals surface area contributed by atoms with Gasteiger partial charge in [-0.15, -0.1) is 0 Å². The molecule has 20 heavy (non-hydrogen) atoms. The third-order valence-corrected chi connectivity index (χ3v) is 6.05. The van der Waals surface area contributed by atoms with Crippen LogP contribution in [0.5, 0.6) is 0 Å². The van der Waals surface area contributed by atoms with E-state index in [2.05, 4.69) is 5.10 Å². The van der Waals surface area contributed by atoms with Crippen molar-refractivity contribution in [1.29, 1.82) is 0 Å². The van der Waals surface area contributed by atoms with E-state index in [1.807, 2.05) is 12.3 Å². The second-order valence-electron chi connectivity index (χ2n) is 7.40. The number of hydrogen-bond acceptors (Lipinski definition) is 2. The highest BCUT2D eigenvalue weighted by Crippen LogP contribution is 2.62. The number of carboxylic acid groups (broad SMARTS) is 1. The first kappa shape index (κ1) is 12.4. The first-order valence-corrected chi connectivity index (χ1v) is 7.85. The summed E-state index contributed by atoms with van der Waals surface area (Å²) in [7, 11) is 0. The Balaban J connectivity index is 1.64. The lowest BCUT2D eigenvalue weighted by Gasteiger charge is -2.58. The van der Waals surface area contributed by atoms with Gasteiger partial charge in [0.05, 0.1) is 12.5 Å². The van der Waals surface area contributed by atoms with E-state index in [0.717, 1.165) is 37.0 Å². The van der Waals surface area contributed by atoms with Crippen LogP contribution in [0.15, 0.2) is 18.5 Å². The lowest BCUT2D eigenvalue weighted by molar-refractivity contribution is -0.159. The first-order valence-electron chi connectivity index (χ1n) is 7.85. The summed E-state index contributed by atoms with van der Waals surface area (Å²) in [5.41, 5.74) is 0.0481. The molecule has 4 nitrogen and oxygen atoms in total. The van der Waals surface area contributed by atoms with Crippen LogP contribution in [-0.2, 0) is 11.3 Å². The summed E-state index contributed by atoms with van der Waals surface area (Å²) in [6.45, 7) is 0.536. The van der Waals surface area contributed by atoms with E-state index >= 15 is 0 Å². The predicted octanol–water partition coefficient (Wildman–Crippen LogP) is 2.80. The molecule has 4 aliphatic rings. The highest BCUT2D eigenvalue weighted by Gasteiger charge is 2.56. The molecule has 1 heterocycles. The van der Waals surface area contributed by atoms with Gasteiger partial charge in [-0.1, -0.05) is 0 Å². The van der Waals surface area contributed by atoms with Crippen LogP contribution in [0.3, 0.4) is 0 Å². The van der Waals surface area contributed by atoms with Crippen LogP contribution in [0.4, 0.5) is 0 Å². The number of rotatable bonds is 4. The zero-order chi connectivity index (χ0) is 13.7. The number of hydrogen-bond donors (Lipinski definition) is 1. The van der Waals surface area contributed by atoms with Gasteiger partial charge in [0.1, 0.15) is 0 Å². The van der Waals surface area contributed by atoms with Gasteiger partial charge in [0.25, 0.3) is 0 Å². The third-order valence-electron chi connectivity index (χ3n) is 6.05. The summed E-state index contributed by atoms with van der Waals surface area (Å²) >= 11 is 0. The second kappa shape index (κ2) is 4.34. The SMILES string of the molecule is O=C(O)C(Cn1cccn1)C12CC3CC(CC(C3)C1)C2. The molecule has 0 aromatic carbocycles. The van der Waals surface area contributed by atoms with Crippen LogP contribution < -0.4 is 0 Å². The van der Waals surface area contributed by atoms with Gasteiger partial charge >= 0.3 is 5.97 Å². The molecule has 4 bridgehead atoms. The van der Waals surface area contributed by atoms with Crippen molar-refractivity contribution in [2.24, 2.45) is 29.1 Å². The van der Waals surface area contributed by atoms with E-state index in [4.69, 9.17) is 0 Å². The molecule has 108 valence electrons. The molecule has 5 rings (SSSR count). The fraction of sp³-hybridized carbons (Fsp3) is 0.750. The minimum atomic E-state index is -0.623. The molecule has 0 saturated heterocycles.